The highest BCUT2D eigenvalue weighted by atomic mass is 16.5. The molecule has 164 valence electrons. The Morgan fingerprint density at radius 3 is 2.67 bits per heavy atom. The van der Waals surface area contributed by atoms with Gasteiger partial charge in [-0.05, 0) is 54.7 Å². The number of pyridine rings is 1. The molecule has 1 aliphatic carbocycles. The van der Waals surface area contributed by atoms with Gasteiger partial charge in [0.15, 0.2) is 0 Å². The normalized spacial score (nSPS) is 13.5. The van der Waals surface area contributed by atoms with Gasteiger partial charge < -0.3 is 14.5 Å². The van der Waals surface area contributed by atoms with E-state index in [1.165, 1.54) is 16.2 Å². The molecule has 0 aliphatic heterocycles. The molecule has 0 bridgehead atoms. The number of benzene rings is 2. The molecule has 3 aromatic heterocycles. The zero-order valence-electron chi connectivity index (χ0n) is 18.0. The monoisotopic (exact) mass is 438 g/mol. The first kappa shape index (κ1) is 19.5. The molecule has 3 heterocycles. The van der Waals surface area contributed by atoms with E-state index in [9.17, 15) is 10.0 Å². The molecular weight excluding hydrogens is 416 g/mol. The van der Waals surface area contributed by atoms with Gasteiger partial charge in [-0.1, -0.05) is 24.3 Å². The number of aromatic nitrogens is 5. The Morgan fingerprint density at radius 2 is 1.94 bits per heavy atom. The summed E-state index contributed by atoms with van der Waals surface area (Å²) in [7, 11) is 0. The van der Waals surface area contributed by atoms with Crippen LogP contribution >= 0.6 is 0 Å². The van der Waals surface area contributed by atoms with E-state index >= 15 is 0 Å². The summed E-state index contributed by atoms with van der Waals surface area (Å²) in [6.07, 6.45) is 8.32. The van der Waals surface area contributed by atoms with Crippen molar-refractivity contribution in [2.24, 2.45) is 0 Å². The van der Waals surface area contributed by atoms with Gasteiger partial charge in [0.25, 0.3) is 5.56 Å². The molecule has 5 aromatic rings. The number of hydrogen-bond acceptors (Lipinski definition) is 5. The largest absolute Gasteiger partial charge is 0.338 e. The third-order valence-electron chi connectivity index (χ3n) is 6.36. The van der Waals surface area contributed by atoms with Crippen LogP contribution in [-0.2, 0) is 12.8 Å². The highest BCUT2D eigenvalue weighted by Gasteiger charge is 2.29. The zero-order valence-corrected chi connectivity index (χ0v) is 18.0. The first-order chi connectivity index (χ1) is 16.1. The fourth-order valence-electron chi connectivity index (χ4n) is 4.74. The van der Waals surface area contributed by atoms with Crippen LogP contribution in [0.25, 0.3) is 28.1 Å². The van der Waals surface area contributed by atoms with E-state index in [1.54, 1.807) is 24.8 Å². The molecular formula is C25H22N6O2. The predicted molar refractivity (Wildman–Crippen MR) is 126 cm³/mol. The van der Waals surface area contributed by atoms with Gasteiger partial charge in [0.05, 0.1) is 29.1 Å². The van der Waals surface area contributed by atoms with Gasteiger partial charge in [-0.2, -0.15) is 0 Å². The molecule has 8 heteroatoms. The average Bonchev–Trinajstić information content (AvgIpc) is 3.57. The highest BCUT2D eigenvalue weighted by Crippen LogP contribution is 2.33. The van der Waals surface area contributed by atoms with Gasteiger partial charge in [0, 0.05) is 24.3 Å². The van der Waals surface area contributed by atoms with Crippen molar-refractivity contribution in [2.45, 2.75) is 25.8 Å². The van der Waals surface area contributed by atoms with Crippen LogP contribution in [0, 0.1) is 6.92 Å². The SMILES string of the molecule is Cc1cc(-n2ccnc2)cc2[nH]c(-c3c(N(O)C4Cc5ccccc5C4)cc[nH]c3=O)nc12. The van der Waals surface area contributed by atoms with Crippen LogP contribution in [-0.4, -0.2) is 35.8 Å². The van der Waals surface area contributed by atoms with Crippen LogP contribution in [0.1, 0.15) is 16.7 Å². The van der Waals surface area contributed by atoms with Crippen LogP contribution in [0.4, 0.5) is 5.69 Å². The summed E-state index contributed by atoms with van der Waals surface area (Å²) in [5, 5.41) is 12.4. The van der Waals surface area contributed by atoms with Crippen LogP contribution in [0.3, 0.4) is 0 Å². The summed E-state index contributed by atoms with van der Waals surface area (Å²) in [5.41, 5.74) is 6.38. The summed E-state index contributed by atoms with van der Waals surface area (Å²) in [4.78, 5) is 27.8. The summed E-state index contributed by atoms with van der Waals surface area (Å²) in [6, 6.07) is 13.8. The minimum atomic E-state index is -0.311. The molecule has 0 radical (unpaired) electrons. The number of aryl methyl sites for hydroxylation is 1. The maximum absolute atomic E-state index is 12.9. The van der Waals surface area contributed by atoms with E-state index in [2.05, 4.69) is 27.1 Å². The second kappa shape index (κ2) is 7.46. The quantitative estimate of drug-likeness (QED) is 0.371. The van der Waals surface area contributed by atoms with Crippen molar-refractivity contribution in [3.8, 4) is 17.1 Å². The molecule has 8 nitrogen and oxygen atoms in total. The van der Waals surface area contributed by atoms with E-state index in [0.29, 0.717) is 29.9 Å². The number of hydroxylamine groups is 1. The molecule has 1 aliphatic rings. The Kier molecular flexibility index (Phi) is 4.41. The van der Waals surface area contributed by atoms with Crippen LogP contribution in [0.2, 0.25) is 0 Å². The van der Waals surface area contributed by atoms with E-state index < -0.39 is 0 Å². The van der Waals surface area contributed by atoms with Crippen molar-refractivity contribution in [1.29, 1.82) is 0 Å². The average molecular weight is 438 g/mol. The fourth-order valence-corrected chi connectivity index (χ4v) is 4.74. The van der Waals surface area contributed by atoms with Gasteiger partial charge >= 0.3 is 0 Å². The first-order valence-corrected chi connectivity index (χ1v) is 10.8. The number of aromatic amines is 2. The van der Waals surface area contributed by atoms with Crippen molar-refractivity contribution in [2.75, 3.05) is 5.06 Å². The van der Waals surface area contributed by atoms with Gasteiger partial charge in [-0.25, -0.2) is 9.97 Å². The van der Waals surface area contributed by atoms with E-state index in [0.717, 1.165) is 22.3 Å². The van der Waals surface area contributed by atoms with Gasteiger partial charge in [0.2, 0.25) is 0 Å². The number of anilines is 1. The molecule has 0 unspecified atom stereocenters. The van der Waals surface area contributed by atoms with E-state index in [4.69, 9.17) is 4.98 Å². The minimum Gasteiger partial charge on any atom is -0.338 e. The maximum atomic E-state index is 12.9. The number of nitrogens with one attached hydrogen (secondary N) is 2. The molecule has 0 saturated carbocycles. The molecule has 0 fully saturated rings. The number of nitrogens with zero attached hydrogens (tertiary/aromatic N) is 4. The summed E-state index contributed by atoms with van der Waals surface area (Å²) in [6.45, 7) is 1.98. The number of H-pyrrole nitrogens is 2. The number of hydrogen-bond donors (Lipinski definition) is 3. The summed E-state index contributed by atoms with van der Waals surface area (Å²) in [5.74, 6) is 0.419. The Hall–Kier alpha value is -4.17. The van der Waals surface area contributed by atoms with Crippen LogP contribution in [0.5, 0.6) is 0 Å². The fraction of sp³-hybridized carbons (Fsp3) is 0.160. The second-order valence-electron chi connectivity index (χ2n) is 8.46. The van der Waals surface area contributed by atoms with Gasteiger partial charge in [-0.3, -0.25) is 15.1 Å². The molecule has 0 saturated heterocycles. The first-order valence-electron chi connectivity index (χ1n) is 10.8. The smallest absolute Gasteiger partial charge is 0.261 e. The van der Waals surface area contributed by atoms with Gasteiger partial charge in [0.1, 0.15) is 11.4 Å². The minimum absolute atomic E-state index is 0.151. The Labute approximate surface area is 189 Å². The van der Waals surface area contributed by atoms with E-state index in [-0.39, 0.29) is 11.6 Å². The lowest BCUT2D eigenvalue weighted by atomic mass is 10.1. The summed E-state index contributed by atoms with van der Waals surface area (Å²) < 4.78 is 1.92. The zero-order chi connectivity index (χ0) is 22.5. The molecule has 2 aromatic carbocycles. The molecule has 0 spiro atoms. The van der Waals surface area contributed by atoms with Crippen molar-refractivity contribution in [3.05, 3.63) is 94.4 Å². The lowest BCUT2D eigenvalue weighted by Crippen LogP contribution is -2.34. The predicted octanol–water partition coefficient (Wildman–Crippen LogP) is 3.78. The maximum Gasteiger partial charge on any atom is 0.261 e. The standard InChI is InChI=1S/C25H22N6O2/c1-15-10-18(30-9-8-26-14-30)13-20-23(15)29-24(28-20)22-21(6-7-27-25(22)32)31(33)19-11-16-4-2-3-5-17(16)12-19/h2-10,13-14,19,33H,11-12H2,1H3,(H,27,32)(H,28,29). The van der Waals surface area contributed by atoms with Gasteiger partial charge in [-0.15, -0.1) is 0 Å². The van der Waals surface area contributed by atoms with Crippen molar-refractivity contribution in [1.82, 2.24) is 24.5 Å². The topological polar surface area (TPSA) is 103 Å². The summed E-state index contributed by atoms with van der Waals surface area (Å²) >= 11 is 0. The third-order valence-corrected chi connectivity index (χ3v) is 6.36. The number of fused-ring (bicyclic) bond motifs is 2. The van der Waals surface area contributed by atoms with Crippen molar-refractivity contribution < 1.29 is 5.21 Å². The molecule has 6 rings (SSSR count). The van der Waals surface area contributed by atoms with Crippen molar-refractivity contribution in [3.63, 3.8) is 0 Å². The third kappa shape index (κ3) is 3.23. The Morgan fingerprint density at radius 1 is 1.15 bits per heavy atom. The molecule has 0 atom stereocenters. The lowest BCUT2D eigenvalue weighted by Gasteiger charge is -2.25. The molecule has 3 N–H and O–H groups in total. The Bertz CT molecular complexity index is 1510. The number of imidazole rings is 2. The Balaban J connectivity index is 1.43. The van der Waals surface area contributed by atoms with Crippen molar-refractivity contribution >= 4 is 16.7 Å². The molecule has 0 amide bonds. The van der Waals surface area contributed by atoms with Crippen LogP contribution in [0.15, 0.2) is 72.2 Å². The highest BCUT2D eigenvalue weighted by molar-refractivity contribution is 5.86. The van der Waals surface area contributed by atoms with Crippen LogP contribution < -0.4 is 10.6 Å². The van der Waals surface area contributed by atoms with E-state index in [1.807, 2.05) is 42.0 Å². The lowest BCUT2D eigenvalue weighted by molar-refractivity contribution is 0.218. The number of rotatable bonds is 4. The molecule has 33 heavy (non-hydrogen) atoms. The second-order valence-corrected chi connectivity index (χ2v) is 8.46.